The van der Waals surface area contributed by atoms with E-state index < -0.39 is 11.9 Å². The molecule has 0 radical (unpaired) electrons. The minimum atomic E-state index is -0.832. The number of nitrogens with one attached hydrogen (secondary N) is 1. The van der Waals surface area contributed by atoms with Gasteiger partial charge in [-0.25, -0.2) is 4.39 Å². The highest BCUT2D eigenvalue weighted by atomic mass is 19.1. The van der Waals surface area contributed by atoms with Gasteiger partial charge in [0.15, 0.2) is 0 Å². The summed E-state index contributed by atoms with van der Waals surface area (Å²) in [5, 5.41) is 2.67. The molecule has 1 aliphatic rings. The average Bonchev–Trinajstić information content (AvgIpc) is 2.74. The Balaban J connectivity index is 1.57. The van der Waals surface area contributed by atoms with Gasteiger partial charge in [0.25, 0.3) is 0 Å². The molecule has 2 aromatic carbocycles. The van der Waals surface area contributed by atoms with Crippen LogP contribution in [0.5, 0.6) is 0 Å². The second-order valence-corrected chi connectivity index (χ2v) is 7.83. The zero-order chi connectivity index (χ0) is 22.2. The highest BCUT2D eigenvalue weighted by molar-refractivity contribution is 5.87. The maximum atomic E-state index is 14.1. The summed E-state index contributed by atoms with van der Waals surface area (Å²) in [6, 6.07) is 13.5. The van der Waals surface area contributed by atoms with E-state index in [0.29, 0.717) is 38.5 Å². The lowest BCUT2D eigenvalue weighted by atomic mass is 10.0. The molecule has 1 saturated heterocycles. The summed E-state index contributed by atoms with van der Waals surface area (Å²) in [6.45, 7) is 5.37. The predicted molar refractivity (Wildman–Crippen MR) is 115 cm³/mol. The molecule has 1 N–H and O–H groups in total. The van der Waals surface area contributed by atoms with Crippen LogP contribution in [0.1, 0.15) is 23.6 Å². The number of nitrogens with zero attached hydrogens (tertiary/aromatic N) is 1. The summed E-state index contributed by atoms with van der Waals surface area (Å²) in [5.41, 5.74) is 2.64. The smallest absolute Gasteiger partial charge is 0.245 e. The van der Waals surface area contributed by atoms with Crippen LogP contribution in [-0.2, 0) is 32.1 Å². The van der Waals surface area contributed by atoms with Gasteiger partial charge in [0.2, 0.25) is 11.8 Å². The molecule has 0 spiro atoms. The number of benzene rings is 2. The third-order valence-electron chi connectivity index (χ3n) is 5.16. The van der Waals surface area contributed by atoms with Crippen molar-refractivity contribution in [3.8, 4) is 0 Å². The molecule has 0 aliphatic carbocycles. The number of carbonyl (C=O) groups is 2. The normalized spacial score (nSPS) is 17.3. The molecule has 0 aromatic heterocycles. The Labute approximate surface area is 182 Å². The lowest BCUT2D eigenvalue weighted by Gasteiger charge is -2.35. The number of carbonyl (C=O) groups excluding carboxylic acids is 2. The lowest BCUT2D eigenvalue weighted by molar-refractivity contribution is -0.145. The van der Waals surface area contributed by atoms with Crippen molar-refractivity contribution < 1.29 is 23.5 Å². The zero-order valence-electron chi connectivity index (χ0n) is 18.0. The second-order valence-electron chi connectivity index (χ2n) is 7.83. The van der Waals surface area contributed by atoms with Crippen molar-refractivity contribution in [3.63, 3.8) is 0 Å². The van der Waals surface area contributed by atoms with Crippen molar-refractivity contribution in [2.45, 2.75) is 39.0 Å². The van der Waals surface area contributed by atoms with E-state index >= 15 is 0 Å². The maximum Gasteiger partial charge on any atom is 0.245 e. The third-order valence-corrected chi connectivity index (χ3v) is 5.16. The van der Waals surface area contributed by atoms with Crippen molar-refractivity contribution in [2.75, 3.05) is 26.3 Å². The van der Waals surface area contributed by atoms with Crippen molar-refractivity contribution in [1.82, 2.24) is 10.2 Å². The zero-order valence-corrected chi connectivity index (χ0v) is 18.0. The maximum absolute atomic E-state index is 14.1. The molecular weight excluding hydrogens is 399 g/mol. The van der Waals surface area contributed by atoms with E-state index in [2.05, 4.69) is 11.4 Å². The van der Waals surface area contributed by atoms with Crippen LogP contribution >= 0.6 is 0 Å². The number of amides is 2. The van der Waals surface area contributed by atoms with Gasteiger partial charge >= 0.3 is 0 Å². The molecule has 2 atom stereocenters. The molecule has 166 valence electrons. The Morgan fingerprint density at radius 2 is 2.06 bits per heavy atom. The first-order chi connectivity index (χ1) is 14.9. The molecule has 0 bridgehead atoms. The van der Waals surface area contributed by atoms with Gasteiger partial charge in [0.05, 0.1) is 25.9 Å². The quantitative estimate of drug-likeness (QED) is 0.702. The molecule has 2 amide bonds. The van der Waals surface area contributed by atoms with Crippen LogP contribution in [-0.4, -0.2) is 55.2 Å². The van der Waals surface area contributed by atoms with E-state index in [-0.39, 0.29) is 24.3 Å². The Kier molecular flexibility index (Phi) is 8.14. The van der Waals surface area contributed by atoms with Crippen molar-refractivity contribution >= 4 is 11.8 Å². The van der Waals surface area contributed by atoms with Crippen LogP contribution in [0, 0.1) is 12.7 Å². The van der Waals surface area contributed by atoms with Crippen molar-refractivity contribution in [2.24, 2.45) is 0 Å². The summed E-state index contributed by atoms with van der Waals surface area (Å²) in [4.78, 5) is 26.4. The van der Waals surface area contributed by atoms with E-state index in [0.717, 1.165) is 5.56 Å². The molecule has 3 rings (SSSR count). The van der Waals surface area contributed by atoms with Crippen LogP contribution < -0.4 is 5.32 Å². The number of hydrogen-bond acceptors (Lipinski definition) is 4. The molecule has 1 aliphatic heterocycles. The van der Waals surface area contributed by atoms with Gasteiger partial charge in [-0.05, 0) is 24.1 Å². The third kappa shape index (κ3) is 6.87. The second kappa shape index (κ2) is 11.0. The molecule has 0 saturated carbocycles. The van der Waals surface area contributed by atoms with Crippen molar-refractivity contribution in [1.29, 1.82) is 0 Å². The van der Waals surface area contributed by atoms with E-state index in [9.17, 15) is 14.0 Å². The molecular formula is C24H29FN2O4. The Morgan fingerprint density at radius 3 is 2.81 bits per heavy atom. The Morgan fingerprint density at radius 1 is 1.26 bits per heavy atom. The molecule has 31 heavy (non-hydrogen) atoms. The lowest BCUT2D eigenvalue weighted by Crippen LogP contribution is -2.54. The largest absolute Gasteiger partial charge is 0.374 e. The minimum absolute atomic E-state index is 0.0942. The van der Waals surface area contributed by atoms with Gasteiger partial charge in [-0.15, -0.1) is 0 Å². The summed E-state index contributed by atoms with van der Waals surface area (Å²) < 4.78 is 25.6. The van der Waals surface area contributed by atoms with Crippen LogP contribution in [0.3, 0.4) is 0 Å². The first kappa shape index (κ1) is 22.9. The summed E-state index contributed by atoms with van der Waals surface area (Å²) in [6.07, 6.45) is -0.161. The summed E-state index contributed by atoms with van der Waals surface area (Å²) in [7, 11) is 0. The van der Waals surface area contributed by atoms with Gasteiger partial charge in [-0.2, -0.15) is 0 Å². The van der Waals surface area contributed by atoms with E-state index in [4.69, 9.17) is 9.47 Å². The fourth-order valence-electron chi connectivity index (χ4n) is 3.68. The van der Waals surface area contributed by atoms with Crippen LogP contribution in [0.2, 0.25) is 0 Å². The fourth-order valence-corrected chi connectivity index (χ4v) is 3.68. The number of hydrogen-bond donors (Lipinski definition) is 1. The molecule has 6 nitrogen and oxygen atoms in total. The van der Waals surface area contributed by atoms with E-state index in [1.165, 1.54) is 18.6 Å². The van der Waals surface area contributed by atoms with Gasteiger partial charge in [-0.1, -0.05) is 48.0 Å². The molecule has 1 fully saturated rings. The number of aryl methyl sites for hydroxylation is 1. The average molecular weight is 429 g/mol. The fraction of sp³-hybridized carbons (Fsp3) is 0.417. The molecule has 2 aromatic rings. The predicted octanol–water partition coefficient (Wildman–Crippen LogP) is 2.63. The first-order valence-corrected chi connectivity index (χ1v) is 10.5. The van der Waals surface area contributed by atoms with Crippen LogP contribution in [0.4, 0.5) is 4.39 Å². The van der Waals surface area contributed by atoms with E-state index in [1.54, 1.807) is 23.1 Å². The van der Waals surface area contributed by atoms with Crippen molar-refractivity contribution in [3.05, 3.63) is 71.0 Å². The number of rotatable bonds is 8. The first-order valence-electron chi connectivity index (χ1n) is 10.5. The molecule has 1 heterocycles. The number of ether oxygens (including phenoxy) is 2. The standard InChI is InChI=1S/C24H29FN2O4/c1-17-6-5-7-19(12-17)15-30-16-21-14-27(10-11-31-21)24(29)23(26-18(2)28)13-20-8-3-4-9-22(20)25/h3-9,12,21,23H,10-11,13-16H2,1-2H3,(H,26,28). The van der Waals surface area contributed by atoms with Crippen LogP contribution in [0.25, 0.3) is 0 Å². The minimum Gasteiger partial charge on any atom is -0.374 e. The number of morpholine rings is 1. The SMILES string of the molecule is CC(=O)NC(Cc1ccccc1F)C(=O)N1CCOC(COCc2cccc(C)c2)C1. The van der Waals surface area contributed by atoms with Gasteiger partial charge < -0.3 is 19.7 Å². The molecule has 2 unspecified atom stereocenters. The van der Waals surface area contributed by atoms with Gasteiger partial charge in [0.1, 0.15) is 11.9 Å². The van der Waals surface area contributed by atoms with Crippen LogP contribution in [0.15, 0.2) is 48.5 Å². The summed E-state index contributed by atoms with van der Waals surface area (Å²) >= 11 is 0. The van der Waals surface area contributed by atoms with Gasteiger partial charge in [-0.3, -0.25) is 9.59 Å². The molecule has 7 heteroatoms. The highest BCUT2D eigenvalue weighted by Gasteiger charge is 2.30. The monoisotopic (exact) mass is 428 g/mol. The Bertz CT molecular complexity index is 905. The van der Waals surface area contributed by atoms with E-state index in [1.807, 2.05) is 25.1 Å². The number of halogens is 1. The Hall–Kier alpha value is -2.77. The van der Waals surface area contributed by atoms with Gasteiger partial charge in [0, 0.05) is 26.4 Å². The summed E-state index contributed by atoms with van der Waals surface area (Å²) in [5.74, 6) is -0.971. The topological polar surface area (TPSA) is 67.9 Å². The highest BCUT2D eigenvalue weighted by Crippen LogP contribution is 2.14.